The molecule has 1 aromatic carbocycles. The van der Waals surface area contributed by atoms with Gasteiger partial charge in [-0.15, -0.1) is 24.8 Å². The first kappa shape index (κ1) is 19.8. The zero-order valence-corrected chi connectivity index (χ0v) is 16.2. The molecule has 3 aliphatic rings. The van der Waals surface area contributed by atoms with E-state index in [0.29, 0.717) is 48.0 Å². The highest BCUT2D eigenvalue weighted by molar-refractivity contribution is 5.98. The molecule has 2 saturated heterocycles. The lowest BCUT2D eigenvalue weighted by Gasteiger charge is -2.19. The van der Waals surface area contributed by atoms with Gasteiger partial charge in [-0.1, -0.05) is 0 Å². The molecule has 1 aromatic heterocycles. The minimum absolute atomic E-state index is 0. The number of hydrogen-bond acceptors (Lipinski definition) is 6. The maximum Gasteiger partial charge on any atom is 0.276 e. The van der Waals surface area contributed by atoms with E-state index >= 15 is 0 Å². The second-order valence-corrected chi connectivity index (χ2v) is 6.78. The number of aromatic nitrogens is 1. The van der Waals surface area contributed by atoms with Crippen molar-refractivity contribution in [1.29, 1.82) is 0 Å². The highest BCUT2D eigenvalue weighted by atomic mass is 35.5. The molecule has 146 valence electrons. The third-order valence-electron chi connectivity index (χ3n) is 5.25. The molecule has 1 amide bonds. The quantitative estimate of drug-likeness (QED) is 0.813. The number of ether oxygens (including phenoxy) is 2. The van der Waals surface area contributed by atoms with E-state index in [0.717, 1.165) is 31.7 Å². The molecule has 7 nitrogen and oxygen atoms in total. The van der Waals surface area contributed by atoms with Gasteiger partial charge < -0.3 is 24.1 Å². The fourth-order valence-electron chi connectivity index (χ4n) is 3.96. The molecule has 9 heteroatoms. The van der Waals surface area contributed by atoms with Gasteiger partial charge in [0.05, 0.1) is 0 Å². The fourth-order valence-corrected chi connectivity index (χ4v) is 3.96. The largest absolute Gasteiger partial charge is 0.486 e. The van der Waals surface area contributed by atoms with Crippen molar-refractivity contribution in [3.8, 4) is 22.8 Å². The summed E-state index contributed by atoms with van der Waals surface area (Å²) in [5.41, 5.74) is 1.13. The van der Waals surface area contributed by atoms with Crippen molar-refractivity contribution < 1.29 is 18.7 Å². The average Bonchev–Trinajstić information content (AvgIpc) is 3.36. The average molecular weight is 414 g/mol. The number of halogens is 2. The van der Waals surface area contributed by atoms with Crippen molar-refractivity contribution in [2.45, 2.75) is 0 Å². The molecule has 0 spiro atoms. The lowest BCUT2D eigenvalue weighted by atomic mass is 10.0. The summed E-state index contributed by atoms with van der Waals surface area (Å²) < 4.78 is 16.7. The van der Waals surface area contributed by atoms with Crippen LogP contribution in [0.15, 0.2) is 29.0 Å². The Morgan fingerprint density at radius 3 is 2.52 bits per heavy atom. The van der Waals surface area contributed by atoms with Crippen molar-refractivity contribution in [2.75, 3.05) is 39.4 Å². The molecular formula is C18H21Cl2N3O4. The minimum atomic E-state index is -0.0620. The Labute approximate surface area is 169 Å². The van der Waals surface area contributed by atoms with Crippen LogP contribution in [0.3, 0.4) is 0 Å². The van der Waals surface area contributed by atoms with Crippen molar-refractivity contribution in [2.24, 2.45) is 11.8 Å². The summed E-state index contributed by atoms with van der Waals surface area (Å²) in [5, 5.41) is 3.39. The van der Waals surface area contributed by atoms with Crippen LogP contribution in [0.5, 0.6) is 11.5 Å². The summed E-state index contributed by atoms with van der Waals surface area (Å²) in [6.45, 7) is 4.60. The SMILES string of the molecule is Cl.Cl.O=C(c1ncoc1-c1ccc2c(c1)OCCO2)N1C[C@H]2CNC[C@H]2C1. The molecule has 2 fully saturated rings. The Morgan fingerprint density at radius 2 is 1.78 bits per heavy atom. The smallest absolute Gasteiger partial charge is 0.276 e. The summed E-state index contributed by atoms with van der Waals surface area (Å²) in [4.78, 5) is 19.0. The molecular weight excluding hydrogens is 393 g/mol. The highest BCUT2D eigenvalue weighted by Crippen LogP contribution is 2.36. The minimum Gasteiger partial charge on any atom is -0.486 e. The van der Waals surface area contributed by atoms with Gasteiger partial charge in [0, 0.05) is 31.7 Å². The lowest BCUT2D eigenvalue weighted by Crippen LogP contribution is -2.32. The van der Waals surface area contributed by atoms with Crippen molar-refractivity contribution >= 4 is 30.7 Å². The first-order chi connectivity index (χ1) is 12.3. The summed E-state index contributed by atoms with van der Waals surface area (Å²) in [7, 11) is 0. The second kappa shape index (κ2) is 7.96. The Balaban J connectivity index is 0.00000105. The maximum atomic E-state index is 12.9. The summed E-state index contributed by atoms with van der Waals surface area (Å²) >= 11 is 0. The molecule has 0 radical (unpaired) electrons. The van der Waals surface area contributed by atoms with Crippen LogP contribution in [0.2, 0.25) is 0 Å². The van der Waals surface area contributed by atoms with E-state index in [4.69, 9.17) is 13.9 Å². The fraction of sp³-hybridized carbons (Fsp3) is 0.444. The van der Waals surface area contributed by atoms with Crippen LogP contribution in [0.1, 0.15) is 10.5 Å². The lowest BCUT2D eigenvalue weighted by molar-refractivity contribution is 0.0777. The van der Waals surface area contributed by atoms with Crippen LogP contribution in [-0.4, -0.2) is 55.2 Å². The van der Waals surface area contributed by atoms with E-state index in [9.17, 15) is 4.79 Å². The first-order valence-electron chi connectivity index (χ1n) is 8.63. The van der Waals surface area contributed by atoms with Crippen LogP contribution in [0.25, 0.3) is 11.3 Å². The molecule has 4 heterocycles. The number of carbonyl (C=O) groups excluding carboxylic acids is 1. The Kier molecular flexibility index (Phi) is 5.83. The highest BCUT2D eigenvalue weighted by Gasteiger charge is 2.39. The van der Waals surface area contributed by atoms with E-state index in [-0.39, 0.29) is 30.7 Å². The summed E-state index contributed by atoms with van der Waals surface area (Å²) in [6, 6.07) is 5.55. The number of hydrogen-bond donors (Lipinski definition) is 1. The van der Waals surface area contributed by atoms with E-state index in [1.165, 1.54) is 6.39 Å². The van der Waals surface area contributed by atoms with Gasteiger partial charge >= 0.3 is 0 Å². The molecule has 0 saturated carbocycles. The molecule has 3 aliphatic heterocycles. The second-order valence-electron chi connectivity index (χ2n) is 6.78. The van der Waals surface area contributed by atoms with E-state index in [1.54, 1.807) is 0 Å². The van der Waals surface area contributed by atoms with Crippen molar-refractivity contribution in [3.63, 3.8) is 0 Å². The number of amides is 1. The summed E-state index contributed by atoms with van der Waals surface area (Å²) in [6.07, 6.45) is 1.33. The normalized spacial score (nSPS) is 22.6. The van der Waals surface area contributed by atoms with Gasteiger partial charge in [-0.05, 0) is 30.0 Å². The predicted octanol–water partition coefficient (Wildman–Crippen LogP) is 2.25. The molecule has 0 bridgehead atoms. The van der Waals surface area contributed by atoms with Gasteiger partial charge in [-0.3, -0.25) is 4.79 Å². The number of carbonyl (C=O) groups is 1. The zero-order chi connectivity index (χ0) is 16.8. The van der Waals surface area contributed by atoms with E-state index < -0.39 is 0 Å². The molecule has 1 N–H and O–H groups in total. The van der Waals surface area contributed by atoms with Crippen LogP contribution < -0.4 is 14.8 Å². The number of nitrogens with zero attached hydrogens (tertiary/aromatic N) is 2. The van der Waals surface area contributed by atoms with Gasteiger partial charge in [-0.25, -0.2) is 4.98 Å². The van der Waals surface area contributed by atoms with Crippen molar-refractivity contribution in [1.82, 2.24) is 15.2 Å². The van der Waals surface area contributed by atoms with Gasteiger partial charge in [0.25, 0.3) is 5.91 Å². The number of oxazole rings is 1. The monoisotopic (exact) mass is 413 g/mol. The van der Waals surface area contributed by atoms with Crippen LogP contribution >= 0.6 is 24.8 Å². The molecule has 2 atom stereocenters. The van der Waals surface area contributed by atoms with Crippen molar-refractivity contribution in [3.05, 3.63) is 30.3 Å². The zero-order valence-electron chi connectivity index (χ0n) is 14.6. The first-order valence-corrected chi connectivity index (χ1v) is 8.63. The molecule has 0 unspecified atom stereocenters. The van der Waals surface area contributed by atoms with Crippen LogP contribution in [0, 0.1) is 11.8 Å². The number of likely N-dealkylation sites (tertiary alicyclic amines) is 1. The van der Waals surface area contributed by atoms with Crippen LogP contribution in [0.4, 0.5) is 0 Å². The summed E-state index contributed by atoms with van der Waals surface area (Å²) in [5.74, 6) is 2.90. The topological polar surface area (TPSA) is 76.8 Å². The third kappa shape index (κ3) is 3.47. The molecule has 27 heavy (non-hydrogen) atoms. The molecule has 5 rings (SSSR count). The van der Waals surface area contributed by atoms with E-state index in [2.05, 4.69) is 10.3 Å². The van der Waals surface area contributed by atoms with Gasteiger partial charge in [0.1, 0.15) is 13.2 Å². The number of rotatable bonds is 2. The third-order valence-corrected chi connectivity index (χ3v) is 5.25. The predicted molar refractivity (Wildman–Crippen MR) is 103 cm³/mol. The van der Waals surface area contributed by atoms with Gasteiger partial charge in [0.15, 0.2) is 29.3 Å². The Hall–Kier alpha value is -1.96. The Morgan fingerprint density at radius 1 is 1.07 bits per heavy atom. The van der Waals surface area contributed by atoms with E-state index in [1.807, 2.05) is 23.1 Å². The maximum absolute atomic E-state index is 12.9. The Bertz CT molecular complexity index is 817. The standard InChI is InChI=1S/C18H19N3O4.2ClH/c22-18(21-8-12-6-19-7-13(12)9-21)16-17(25-10-20-16)11-1-2-14-15(5-11)24-4-3-23-14;;/h1-2,5,10,12-13,19H,3-4,6-9H2;2*1H/t12-,13+;;. The van der Waals surface area contributed by atoms with Gasteiger partial charge in [0.2, 0.25) is 0 Å². The number of nitrogens with one attached hydrogen (secondary N) is 1. The number of fused-ring (bicyclic) bond motifs is 2. The van der Waals surface area contributed by atoms with Crippen LogP contribution in [-0.2, 0) is 0 Å². The number of benzene rings is 1. The molecule has 2 aromatic rings. The molecule has 0 aliphatic carbocycles. The van der Waals surface area contributed by atoms with Gasteiger partial charge in [-0.2, -0.15) is 0 Å².